The van der Waals surface area contributed by atoms with Crippen molar-refractivity contribution in [3.8, 4) is 0 Å². The highest BCUT2D eigenvalue weighted by atomic mass is 15.2. The molecule has 0 amide bonds. The van der Waals surface area contributed by atoms with Crippen molar-refractivity contribution in [2.75, 3.05) is 30.3 Å². The summed E-state index contributed by atoms with van der Waals surface area (Å²) in [7, 11) is 0. The molecule has 3 fully saturated rings. The molecule has 3 saturated heterocycles. The molecule has 0 aliphatic carbocycles. The second kappa shape index (κ2) is 16.0. The minimum atomic E-state index is 0.153. The summed E-state index contributed by atoms with van der Waals surface area (Å²) in [6.07, 6.45) is 17.5. The third-order valence-corrected chi connectivity index (χ3v) is 11.1. The topological polar surface area (TPSA) is 102 Å². The molecule has 9 heteroatoms. The summed E-state index contributed by atoms with van der Waals surface area (Å²) in [4.78, 5) is 16.3. The van der Waals surface area contributed by atoms with Gasteiger partial charge in [0.15, 0.2) is 0 Å². The first-order valence-electron chi connectivity index (χ1n) is 19.9. The molecule has 3 aliphatic rings. The molecule has 1 aromatic rings. The minimum Gasteiger partial charge on any atom is -0.354 e. The second-order valence-electron chi connectivity index (χ2n) is 20.2. The Morgan fingerprint density at radius 3 is 1.39 bits per heavy atom. The van der Waals surface area contributed by atoms with Gasteiger partial charge < -0.3 is 26.6 Å². The van der Waals surface area contributed by atoms with Gasteiger partial charge in [-0.25, -0.2) is 9.97 Å². The first-order chi connectivity index (χ1) is 22.6. The maximum absolute atomic E-state index is 4.64. The molecule has 9 nitrogen and oxygen atoms in total. The number of anilines is 2. The summed E-state index contributed by atoms with van der Waals surface area (Å²) in [5, 5.41) is 18.5. The Kier molecular flexibility index (Phi) is 13.1. The molecule has 4 rings (SSSR count). The van der Waals surface area contributed by atoms with Crippen LogP contribution in [0.15, 0.2) is 6.33 Å². The van der Waals surface area contributed by atoms with E-state index in [-0.39, 0.29) is 33.2 Å². The Hall–Kier alpha value is -1.55. The van der Waals surface area contributed by atoms with E-state index < -0.39 is 0 Å². The van der Waals surface area contributed by atoms with E-state index in [2.05, 4.69) is 130 Å². The number of nitrogens with zero attached hydrogens (tertiary/aromatic N) is 4. The molecule has 0 atom stereocenters. The van der Waals surface area contributed by atoms with Gasteiger partial charge in [0.1, 0.15) is 6.33 Å². The van der Waals surface area contributed by atoms with Crippen molar-refractivity contribution < 1.29 is 0 Å². The van der Waals surface area contributed by atoms with Crippen LogP contribution in [0.25, 0.3) is 0 Å². The van der Waals surface area contributed by atoms with Crippen molar-refractivity contribution in [3.05, 3.63) is 6.33 Å². The zero-order chi connectivity index (χ0) is 36.1. The Balaban J connectivity index is 1.17. The maximum atomic E-state index is 4.64. The third kappa shape index (κ3) is 13.5. The molecule has 0 saturated carbocycles. The summed E-state index contributed by atoms with van der Waals surface area (Å²) < 4.78 is 0. The molecule has 0 bridgehead atoms. The van der Waals surface area contributed by atoms with Crippen molar-refractivity contribution in [1.82, 2.24) is 35.8 Å². The first kappa shape index (κ1) is 40.2. The Morgan fingerprint density at radius 1 is 0.551 bits per heavy atom. The summed E-state index contributed by atoms with van der Waals surface area (Å²) in [6.45, 7) is 31.5. The van der Waals surface area contributed by atoms with Crippen LogP contribution in [0, 0.1) is 5.92 Å². The maximum Gasteiger partial charge on any atom is 0.227 e. The van der Waals surface area contributed by atoms with Crippen LogP contribution in [0.4, 0.5) is 11.9 Å². The predicted molar refractivity (Wildman–Crippen MR) is 208 cm³/mol. The van der Waals surface area contributed by atoms with Gasteiger partial charge >= 0.3 is 0 Å². The van der Waals surface area contributed by atoms with E-state index in [0.29, 0.717) is 24.0 Å². The number of hydrogen-bond donors (Lipinski definition) is 5. The molecule has 282 valence electrons. The molecule has 3 aliphatic heterocycles. The molecule has 0 aromatic carbocycles. The lowest BCUT2D eigenvalue weighted by Gasteiger charge is -2.55. The summed E-state index contributed by atoms with van der Waals surface area (Å²) in [6, 6.07) is 1.23. The molecular formula is C40H77N9. The van der Waals surface area contributed by atoms with E-state index in [1.54, 1.807) is 6.33 Å². The van der Waals surface area contributed by atoms with Gasteiger partial charge in [-0.3, -0.25) is 4.90 Å². The zero-order valence-corrected chi connectivity index (χ0v) is 33.9. The fourth-order valence-corrected chi connectivity index (χ4v) is 10.6. The highest BCUT2D eigenvalue weighted by Gasteiger charge is 2.45. The average Bonchev–Trinajstić information content (AvgIpc) is 2.89. The lowest BCUT2D eigenvalue weighted by atomic mass is 9.74. The zero-order valence-electron chi connectivity index (χ0n) is 33.9. The number of hydrogen-bond acceptors (Lipinski definition) is 9. The van der Waals surface area contributed by atoms with Crippen molar-refractivity contribution in [3.63, 3.8) is 0 Å². The van der Waals surface area contributed by atoms with Crippen LogP contribution in [-0.2, 0) is 0 Å². The van der Waals surface area contributed by atoms with E-state index >= 15 is 0 Å². The van der Waals surface area contributed by atoms with Crippen molar-refractivity contribution in [2.24, 2.45) is 5.92 Å². The minimum absolute atomic E-state index is 0.153. The Labute approximate surface area is 301 Å². The molecule has 0 spiro atoms. The molecule has 0 unspecified atom stereocenters. The lowest BCUT2D eigenvalue weighted by molar-refractivity contribution is -0.00297. The van der Waals surface area contributed by atoms with Crippen molar-refractivity contribution in [1.29, 1.82) is 0 Å². The monoisotopic (exact) mass is 684 g/mol. The van der Waals surface area contributed by atoms with Gasteiger partial charge in [-0.1, -0.05) is 25.7 Å². The number of piperidine rings is 3. The number of nitrogens with one attached hydrogen (secondary N) is 5. The lowest BCUT2D eigenvalue weighted by Crippen LogP contribution is -2.67. The van der Waals surface area contributed by atoms with E-state index in [1.807, 2.05) is 0 Å². The smallest absolute Gasteiger partial charge is 0.227 e. The summed E-state index contributed by atoms with van der Waals surface area (Å²) in [5.74, 6) is 2.15. The first-order valence-corrected chi connectivity index (χ1v) is 19.9. The quantitative estimate of drug-likeness (QED) is 0.111. The van der Waals surface area contributed by atoms with Crippen LogP contribution < -0.4 is 26.6 Å². The Bertz CT molecular complexity index is 1090. The molecule has 1 aromatic heterocycles. The van der Waals surface area contributed by atoms with Crippen LogP contribution in [0.5, 0.6) is 0 Å². The summed E-state index contributed by atoms with van der Waals surface area (Å²) >= 11 is 0. The van der Waals surface area contributed by atoms with Crippen molar-refractivity contribution in [2.45, 2.75) is 212 Å². The average molecular weight is 684 g/mol. The van der Waals surface area contributed by atoms with E-state index in [9.17, 15) is 0 Å². The second-order valence-corrected chi connectivity index (χ2v) is 20.2. The van der Waals surface area contributed by atoms with Crippen LogP contribution >= 0.6 is 0 Å². The van der Waals surface area contributed by atoms with Gasteiger partial charge in [0.25, 0.3) is 0 Å². The van der Waals surface area contributed by atoms with Gasteiger partial charge in [0.2, 0.25) is 11.9 Å². The SMILES string of the molecule is CC1(C)CC(CCCCNc2ncnc(NCCCCCCN(C3CC(C)(C)NC(C)(C)C3)C3CC(C)(C)NC(C)(C)C3)n2)CC(C)(C)N1. The van der Waals surface area contributed by atoms with E-state index in [0.717, 1.165) is 31.8 Å². The van der Waals surface area contributed by atoms with Gasteiger partial charge in [-0.15, -0.1) is 0 Å². The molecular weight excluding hydrogens is 607 g/mol. The van der Waals surface area contributed by atoms with E-state index in [1.165, 1.54) is 77.2 Å². The fourth-order valence-electron chi connectivity index (χ4n) is 10.6. The van der Waals surface area contributed by atoms with Crippen molar-refractivity contribution >= 4 is 11.9 Å². The number of aromatic nitrogens is 3. The fraction of sp³-hybridized carbons (Fsp3) is 0.925. The largest absolute Gasteiger partial charge is 0.354 e. The number of rotatable bonds is 16. The molecule has 4 heterocycles. The Morgan fingerprint density at radius 2 is 0.939 bits per heavy atom. The van der Waals surface area contributed by atoms with Gasteiger partial charge in [-0.2, -0.15) is 4.98 Å². The highest BCUT2D eigenvalue weighted by Crippen LogP contribution is 2.38. The van der Waals surface area contributed by atoms with Crippen LogP contribution in [-0.4, -0.2) is 84.8 Å². The van der Waals surface area contributed by atoms with Crippen LogP contribution in [0.3, 0.4) is 0 Å². The third-order valence-electron chi connectivity index (χ3n) is 11.1. The van der Waals surface area contributed by atoms with Gasteiger partial charge in [0.05, 0.1) is 0 Å². The molecule has 49 heavy (non-hydrogen) atoms. The molecule has 0 radical (unpaired) electrons. The summed E-state index contributed by atoms with van der Waals surface area (Å²) in [5.41, 5.74) is 1.07. The highest BCUT2D eigenvalue weighted by molar-refractivity contribution is 5.32. The van der Waals surface area contributed by atoms with Gasteiger partial charge in [0, 0.05) is 58.4 Å². The normalized spacial score (nSPS) is 24.9. The van der Waals surface area contributed by atoms with E-state index in [4.69, 9.17) is 0 Å². The predicted octanol–water partition coefficient (Wildman–Crippen LogP) is 7.90. The molecule has 5 N–H and O–H groups in total. The van der Waals surface area contributed by atoms with Crippen LogP contribution in [0.2, 0.25) is 0 Å². The standard InChI is InChI=1S/C40H77N9/c1-35(2)23-30(24-36(3,4)46-35)19-15-17-21-42-34-44-29-43-33(45-34)41-20-16-13-14-18-22-49(31-25-37(5,6)47-38(7,8)26-31)32-27-39(9,10)48-40(11,12)28-32/h29-32,46-48H,13-28H2,1-12H3,(H2,41,42,43,44,45). The van der Waals surface area contributed by atoms with Gasteiger partial charge in [-0.05, 0) is 153 Å². The number of unbranched alkanes of at least 4 members (excludes halogenated alkanes) is 4. The van der Waals surface area contributed by atoms with Crippen LogP contribution in [0.1, 0.15) is 167 Å².